The molecular formula is C11H16BrClN2O. The summed E-state index contributed by atoms with van der Waals surface area (Å²) in [6.07, 6.45) is 0. The molecule has 0 radical (unpaired) electrons. The zero-order chi connectivity index (χ0) is 11.5. The quantitative estimate of drug-likeness (QED) is 0.900. The second-order valence-electron chi connectivity index (χ2n) is 4.18. The van der Waals surface area contributed by atoms with Gasteiger partial charge in [-0.25, -0.2) is 0 Å². The van der Waals surface area contributed by atoms with Crippen molar-refractivity contribution in [2.24, 2.45) is 5.73 Å². The van der Waals surface area contributed by atoms with E-state index in [0.717, 1.165) is 4.47 Å². The zero-order valence-electron chi connectivity index (χ0n) is 9.29. The summed E-state index contributed by atoms with van der Waals surface area (Å²) in [5.41, 5.74) is 6.02. The van der Waals surface area contributed by atoms with Crippen LogP contribution in [0.15, 0.2) is 28.7 Å². The van der Waals surface area contributed by atoms with Crippen LogP contribution in [-0.4, -0.2) is 18.0 Å². The molecule has 0 aliphatic heterocycles. The lowest BCUT2D eigenvalue weighted by Gasteiger charge is -2.18. The second kappa shape index (κ2) is 6.23. The van der Waals surface area contributed by atoms with E-state index in [2.05, 4.69) is 21.2 Å². The van der Waals surface area contributed by atoms with Crippen LogP contribution >= 0.6 is 28.3 Å². The van der Waals surface area contributed by atoms with Crippen LogP contribution in [0.25, 0.3) is 0 Å². The summed E-state index contributed by atoms with van der Waals surface area (Å²) in [7, 11) is 0. The molecule has 0 bridgehead atoms. The van der Waals surface area contributed by atoms with Gasteiger partial charge in [-0.05, 0) is 38.1 Å². The molecule has 3 nitrogen and oxygen atoms in total. The van der Waals surface area contributed by atoms with Crippen LogP contribution in [0.2, 0.25) is 0 Å². The van der Waals surface area contributed by atoms with Crippen LogP contribution in [0, 0.1) is 0 Å². The SMILES string of the molecule is CC(C)(N)CNC(=O)c1ccc(Br)cc1.Cl. The average Bonchev–Trinajstić information content (AvgIpc) is 2.14. The van der Waals surface area contributed by atoms with Gasteiger partial charge in [0.05, 0.1) is 0 Å². The molecule has 16 heavy (non-hydrogen) atoms. The fourth-order valence-electron chi connectivity index (χ4n) is 1.01. The Hall–Kier alpha value is -0.580. The summed E-state index contributed by atoms with van der Waals surface area (Å²) in [6, 6.07) is 7.21. The standard InChI is InChI=1S/C11H15BrN2O.ClH/c1-11(2,13)7-14-10(15)8-3-5-9(12)6-4-8;/h3-6H,7,13H2,1-2H3,(H,14,15);1H. The molecule has 5 heteroatoms. The zero-order valence-corrected chi connectivity index (χ0v) is 11.7. The summed E-state index contributed by atoms with van der Waals surface area (Å²) in [4.78, 5) is 11.6. The molecule has 1 amide bonds. The summed E-state index contributed by atoms with van der Waals surface area (Å²) < 4.78 is 0.957. The van der Waals surface area contributed by atoms with Crippen LogP contribution < -0.4 is 11.1 Å². The fraction of sp³-hybridized carbons (Fsp3) is 0.364. The van der Waals surface area contributed by atoms with Crippen molar-refractivity contribution in [2.75, 3.05) is 6.54 Å². The molecule has 0 heterocycles. The molecule has 0 aliphatic carbocycles. The Morgan fingerprint density at radius 3 is 2.31 bits per heavy atom. The number of hydrogen-bond donors (Lipinski definition) is 2. The van der Waals surface area contributed by atoms with Crippen LogP contribution in [0.4, 0.5) is 0 Å². The molecule has 0 fully saturated rings. The van der Waals surface area contributed by atoms with E-state index >= 15 is 0 Å². The summed E-state index contributed by atoms with van der Waals surface area (Å²) in [6.45, 7) is 4.20. The summed E-state index contributed by atoms with van der Waals surface area (Å²) >= 11 is 3.31. The molecule has 0 atom stereocenters. The number of carbonyl (C=O) groups is 1. The third-order valence-electron chi connectivity index (χ3n) is 1.81. The lowest BCUT2D eigenvalue weighted by molar-refractivity contribution is 0.0946. The topological polar surface area (TPSA) is 55.1 Å². The minimum absolute atomic E-state index is 0. The van der Waals surface area contributed by atoms with Crippen molar-refractivity contribution in [1.82, 2.24) is 5.32 Å². The highest BCUT2D eigenvalue weighted by molar-refractivity contribution is 9.10. The highest BCUT2D eigenvalue weighted by Crippen LogP contribution is 2.10. The van der Waals surface area contributed by atoms with Crippen LogP contribution in [-0.2, 0) is 0 Å². The third-order valence-corrected chi connectivity index (χ3v) is 2.34. The van der Waals surface area contributed by atoms with E-state index in [4.69, 9.17) is 5.73 Å². The van der Waals surface area contributed by atoms with E-state index in [-0.39, 0.29) is 23.9 Å². The first-order valence-electron chi connectivity index (χ1n) is 4.71. The van der Waals surface area contributed by atoms with E-state index in [1.54, 1.807) is 12.1 Å². The number of amides is 1. The third kappa shape index (κ3) is 5.49. The van der Waals surface area contributed by atoms with Crippen molar-refractivity contribution in [3.05, 3.63) is 34.3 Å². The van der Waals surface area contributed by atoms with Crippen molar-refractivity contribution in [3.63, 3.8) is 0 Å². The largest absolute Gasteiger partial charge is 0.350 e. The number of halogens is 2. The van der Waals surface area contributed by atoms with Gasteiger partial charge in [-0.15, -0.1) is 12.4 Å². The predicted octanol–water partition coefficient (Wildman–Crippen LogP) is 2.34. The maximum absolute atomic E-state index is 11.6. The Morgan fingerprint density at radius 2 is 1.88 bits per heavy atom. The van der Waals surface area contributed by atoms with Crippen LogP contribution in [0.3, 0.4) is 0 Å². The highest BCUT2D eigenvalue weighted by atomic mass is 79.9. The van der Waals surface area contributed by atoms with Gasteiger partial charge in [-0.2, -0.15) is 0 Å². The molecule has 1 aromatic rings. The van der Waals surface area contributed by atoms with Gasteiger partial charge in [0.25, 0.3) is 5.91 Å². The highest BCUT2D eigenvalue weighted by Gasteiger charge is 2.12. The van der Waals surface area contributed by atoms with Crippen LogP contribution in [0.5, 0.6) is 0 Å². The van der Waals surface area contributed by atoms with E-state index in [1.807, 2.05) is 26.0 Å². The van der Waals surface area contributed by atoms with Crippen molar-refractivity contribution in [1.29, 1.82) is 0 Å². The van der Waals surface area contributed by atoms with Gasteiger partial charge >= 0.3 is 0 Å². The Bertz CT molecular complexity index is 346. The fourth-order valence-corrected chi connectivity index (χ4v) is 1.28. The van der Waals surface area contributed by atoms with Crippen LogP contribution in [0.1, 0.15) is 24.2 Å². The lowest BCUT2D eigenvalue weighted by atomic mass is 10.1. The number of carbonyl (C=O) groups excluding carboxylic acids is 1. The van der Waals surface area contributed by atoms with Crippen molar-refractivity contribution in [3.8, 4) is 0 Å². The predicted molar refractivity (Wildman–Crippen MR) is 72.0 cm³/mol. The molecule has 1 rings (SSSR count). The molecule has 0 aromatic heterocycles. The molecule has 0 saturated carbocycles. The summed E-state index contributed by atoms with van der Waals surface area (Å²) in [5, 5.41) is 2.78. The van der Waals surface area contributed by atoms with E-state index in [9.17, 15) is 4.79 Å². The first kappa shape index (κ1) is 15.4. The lowest BCUT2D eigenvalue weighted by Crippen LogP contribution is -2.45. The smallest absolute Gasteiger partial charge is 0.251 e. The molecule has 1 aromatic carbocycles. The van der Waals surface area contributed by atoms with E-state index in [0.29, 0.717) is 12.1 Å². The normalized spacial score (nSPS) is 10.5. The van der Waals surface area contributed by atoms with Gasteiger partial charge in [0.1, 0.15) is 0 Å². The van der Waals surface area contributed by atoms with Crippen molar-refractivity contribution < 1.29 is 4.79 Å². The van der Waals surface area contributed by atoms with Crippen molar-refractivity contribution >= 4 is 34.2 Å². The van der Waals surface area contributed by atoms with Crippen molar-refractivity contribution in [2.45, 2.75) is 19.4 Å². The summed E-state index contributed by atoms with van der Waals surface area (Å²) in [5.74, 6) is -0.0963. The number of rotatable bonds is 3. The Morgan fingerprint density at radius 1 is 1.38 bits per heavy atom. The van der Waals surface area contributed by atoms with Gasteiger partial charge in [0.15, 0.2) is 0 Å². The minimum Gasteiger partial charge on any atom is -0.350 e. The van der Waals surface area contributed by atoms with Gasteiger partial charge in [-0.3, -0.25) is 4.79 Å². The Labute approximate surface area is 110 Å². The molecular weight excluding hydrogens is 291 g/mol. The Balaban J connectivity index is 0.00000225. The number of hydrogen-bond acceptors (Lipinski definition) is 2. The molecule has 0 saturated heterocycles. The van der Waals surface area contributed by atoms with Gasteiger partial charge in [0.2, 0.25) is 0 Å². The molecule has 0 aliphatic rings. The first-order valence-corrected chi connectivity index (χ1v) is 5.50. The monoisotopic (exact) mass is 306 g/mol. The number of nitrogens with one attached hydrogen (secondary N) is 1. The molecule has 90 valence electrons. The molecule has 0 unspecified atom stereocenters. The number of nitrogens with two attached hydrogens (primary N) is 1. The van der Waals surface area contributed by atoms with Gasteiger partial charge < -0.3 is 11.1 Å². The van der Waals surface area contributed by atoms with Gasteiger partial charge in [0, 0.05) is 22.1 Å². The number of benzene rings is 1. The van der Waals surface area contributed by atoms with E-state index < -0.39 is 0 Å². The minimum atomic E-state index is -0.384. The molecule has 3 N–H and O–H groups in total. The maximum Gasteiger partial charge on any atom is 0.251 e. The second-order valence-corrected chi connectivity index (χ2v) is 5.09. The van der Waals surface area contributed by atoms with Gasteiger partial charge in [-0.1, -0.05) is 15.9 Å². The van der Waals surface area contributed by atoms with E-state index in [1.165, 1.54) is 0 Å². The maximum atomic E-state index is 11.6. The average molecular weight is 308 g/mol. The Kier molecular flexibility index (Phi) is 6.00. The molecule has 0 spiro atoms. The first-order chi connectivity index (χ1) is 6.88.